The van der Waals surface area contributed by atoms with Gasteiger partial charge in [0.2, 0.25) is 0 Å². The Kier molecular flexibility index (Phi) is 4.34. The minimum atomic E-state index is 1.17. The molecule has 0 saturated carbocycles. The standard InChI is InChI=1S/C34H25N/c1-22-14-18-24(19-15-22)35(25-20-16-23(2)17-21-25)34-30-11-6-5-10-29(30)32-27-9-4-3-8-26(27)28-12-7-13-31(34)33(28)32/h3-21H,1-2H3. The zero-order chi connectivity index (χ0) is 23.5. The van der Waals surface area contributed by atoms with Gasteiger partial charge >= 0.3 is 0 Å². The summed E-state index contributed by atoms with van der Waals surface area (Å²) in [5.41, 5.74) is 11.4. The average molecular weight is 448 g/mol. The Morgan fingerprint density at radius 2 is 0.943 bits per heavy atom. The van der Waals surface area contributed by atoms with Crippen molar-refractivity contribution in [1.29, 1.82) is 0 Å². The molecule has 35 heavy (non-hydrogen) atoms. The van der Waals surface area contributed by atoms with Crippen LogP contribution in [0, 0.1) is 13.8 Å². The normalized spacial score (nSPS) is 11.7. The lowest BCUT2D eigenvalue weighted by atomic mass is 9.93. The second-order valence-corrected chi connectivity index (χ2v) is 9.55. The Balaban J connectivity index is 1.65. The molecule has 0 saturated heterocycles. The summed E-state index contributed by atoms with van der Waals surface area (Å²) in [5, 5.41) is 5.21. The van der Waals surface area contributed by atoms with E-state index < -0.39 is 0 Å². The van der Waals surface area contributed by atoms with Crippen molar-refractivity contribution >= 4 is 38.6 Å². The van der Waals surface area contributed by atoms with Gasteiger partial charge in [0, 0.05) is 27.5 Å². The summed E-state index contributed by atoms with van der Waals surface area (Å²) in [6.45, 7) is 4.29. The van der Waals surface area contributed by atoms with Gasteiger partial charge in [0.05, 0.1) is 5.69 Å². The third-order valence-electron chi connectivity index (χ3n) is 7.32. The lowest BCUT2D eigenvalue weighted by Crippen LogP contribution is -2.11. The highest BCUT2D eigenvalue weighted by Gasteiger charge is 2.28. The molecule has 1 heteroatoms. The van der Waals surface area contributed by atoms with Crippen LogP contribution in [0.2, 0.25) is 0 Å². The third-order valence-corrected chi connectivity index (χ3v) is 7.32. The third kappa shape index (κ3) is 2.95. The van der Waals surface area contributed by atoms with E-state index in [1.165, 1.54) is 72.0 Å². The van der Waals surface area contributed by atoms with E-state index in [0.29, 0.717) is 0 Å². The minimum Gasteiger partial charge on any atom is -0.309 e. The van der Waals surface area contributed by atoms with E-state index in [1.807, 2.05) is 0 Å². The first-order chi connectivity index (χ1) is 17.2. The van der Waals surface area contributed by atoms with Crippen molar-refractivity contribution in [1.82, 2.24) is 0 Å². The molecule has 1 nitrogen and oxygen atoms in total. The van der Waals surface area contributed by atoms with Crippen LogP contribution < -0.4 is 4.90 Å². The maximum Gasteiger partial charge on any atom is 0.0619 e. The van der Waals surface area contributed by atoms with Crippen molar-refractivity contribution in [3.8, 4) is 22.3 Å². The van der Waals surface area contributed by atoms with Crippen LogP contribution in [0.15, 0.2) is 115 Å². The summed E-state index contributed by atoms with van der Waals surface area (Å²) in [7, 11) is 0. The minimum absolute atomic E-state index is 1.17. The van der Waals surface area contributed by atoms with Gasteiger partial charge in [-0.05, 0) is 65.8 Å². The van der Waals surface area contributed by atoms with Gasteiger partial charge in [0.15, 0.2) is 0 Å². The maximum absolute atomic E-state index is 2.44. The average Bonchev–Trinajstić information content (AvgIpc) is 3.24. The molecule has 0 unspecified atom stereocenters. The second-order valence-electron chi connectivity index (χ2n) is 9.55. The van der Waals surface area contributed by atoms with Gasteiger partial charge in [-0.25, -0.2) is 0 Å². The highest BCUT2D eigenvalue weighted by molar-refractivity contribution is 6.29. The summed E-state index contributed by atoms with van der Waals surface area (Å²) in [4.78, 5) is 2.44. The lowest BCUT2D eigenvalue weighted by molar-refractivity contribution is 1.29. The number of nitrogens with zero attached hydrogens (tertiary/aromatic N) is 1. The van der Waals surface area contributed by atoms with Gasteiger partial charge in [0.25, 0.3) is 0 Å². The van der Waals surface area contributed by atoms with E-state index in [1.54, 1.807) is 0 Å². The fourth-order valence-corrected chi connectivity index (χ4v) is 5.68. The Bertz CT molecular complexity index is 1700. The quantitative estimate of drug-likeness (QED) is 0.244. The SMILES string of the molecule is Cc1ccc(N(c2ccc(C)cc2)c2c3ccccc3c3c4c(cccc24)-c2ccccc2-3)cc1. The maximum atomic E-state index is 2.44. The van der Waals surface area contributed by atoms with E-state index in [4.69, 9.17) is 0 Å². The van der Waals surface area contributed by atoms with Crippen molar-refractivity contribution < 1.29 is 0 Å². The Morgan fingerprint density at radius 3 is 1.60 bits per heavy atom. The molecule has 6 aromatic carbocycles. The van der Waals surface area contributed by atoms with Crippen molar-refractivity contribution in [2.45, 2.75) is 13.8 Å². The van der Waals surface area contributed by atoms with Crippen molar-refractivity contribution in [2.75, 3.05) is 4.90 Å². The highest BCUT2D eigenvalue weighted by Crippen LogP contribution is 2.55. The van der Waals surface area contributed by atoms with Gasteiger partial charge in [-0.15, -0.1) is 0 Å². The monoisotopic (exact) mass is 447 g/mol. The Hall–Kier alpha value is -4.36. The number of rotatable bonds is 3. The van der Waals surface area contributed by atoms with Crippen LogP contribution in [0.1, 0.15) is 11.1 Å². The van der Waals surface area contributed by atoms with Gasteiger partial charge in [-0.1, -0.05) is 102 Å². The summed E-state index contributed by atoms with van der Waals surface area (Å²) in [6, 6.07) is 42.3. The molecule has 0 radical (unpaired) electrons. The van der Waals surface area contributed by atoms with Crippen LogP contribution in [-0.2, 0) is 0 Å². The highest BCUT2D eigenvalue weighted by atomic mass is 15.1. The molecule has 7 rings (SSSR count). The van der Waals surface area contributed by atoms with Crippen molar-refractivity contribution in [3.05, 3.63) is 126 Å². The van der Waals surface area contributed by atoms with Gasteiger partial charge in [-0.3, -0.25) is 0 Å². The number of hydrogen-bond donors (Lipinski definition) is 0. The zero-order valence-electron chi connectivity index (χ0n) is 19.9. The molecule has 0 fully saturated rings. The van der Waals surface area contributed by atoms with Crippen LogP contribution in [0.25, 0.3) is 43.8 Å². The molecule has 0 heterocycles. The molecule has 0 aliphatic heterocycles. The largest absolute Gasteiger partial charge is 0.309 e. The fourth-order valence-electron chi connectivity index (χ4n) is 5.68. The fraction of sp³-hybridized carbons (Fsp3) is 0.0588. The van der Waals surface area contributed by atoms with Crippen molar-refractivity contribution in [2.24, 2.45) is 0 Å². The first-order valence-electron chi connectivity index (χ1n) is 12.2. The van der Waals surface area contributed by atoms with Gasteiger partial charge in [0.1, 0.15) is 0 Å². The van der Waals surface area contributed by atoms with Crippen LogP contribution >= 0.6 is 0 Å². The van der Waals surface area contributed by atoms with Crippen LogP contribution in [-0.4, -0.2) is 0 Å². The second kappa shape index (κ2) is 7.58. The predicted octanol–water partition coefficient (Wildman–Crippen LogP) is 9.73. The summed E-state index contributed by atoms with van der Waals surface area (Å²) in [5.74, 6) is 0. The summed E-state index contributed by atoms with van der Waals surface area (Å²) >= 11 is 0. The molecular formula is C34H25N. The summed E-state index contributed by atoms with van der Waals surface area (Å²) in [6.07, 6.45) is 0. The first-order valence-corrected chi connectivity index (χ1v) is 12.2. The number of fused-ring (bicyclic) bond motifs is 5. The number of hydrogen-bond acceptors (Lipinski definition) is 1. The number of aryl methyl sites for hydroxylation is 2. The van der Waals surface area contributed by atoms with Crippen LogP contribution in [0.5, 0.6) is 0 Å². The molecule has 6 aromatic rings. The molecule has 0 spiro atoms. The van der Waals surface area contributed by atoms with E-state index in [0.717, 1.165) is 0 Å². The molecule has 0 aromatic heterocycles. The number of anilines is 3. The lowest BCUT2D eigenvalue weighted by Gasteiger charge is -2.29. The Labute approximate surface area is 205 Å². The Morgan fingerprint density at radius 1 is 0.429 bits per heavy atom. The van der Waals surface area contributed by atoms with Gasteiger partial charge < -0.3 is 4.90 Å². The zero-order valence-corrected chi connectivity index (χ0v) is 19.9. The molecule has 0 atom stereocenters. The first kappa shape index (κ1) is 20.1. The molecule has 0 amide bonds. The smallest absolute Gasteiger partial charge is 0.0619 e. The van der Waals surface area contributed by atoms with E-state index in [2.05, 4.69) is 134 Å². The summed E-state index contributed by atoms with van der Waals surface area (Å²) < 4.78 is 0. The topological polar surface area (TPSA) is 3.24 Å². The molecule has 1 aliphatic carbocycles. The molecule has 1 aliphatic rings. The van der Waals surface area contributed by atoms with E-state index in [9.17, 15) is 0 Å². The van der Waals surface area contributed by atoms with E-state index in [-0.39, 0.29) is 0 Å². The van der Waals surface area contributed by atoms with Gasteiger partial charge in [-0.2, -0.15) is 0 Å². The molecule has 0 bridgehead atoms. The predicted molar refractivity (Wildman–Crippen MR) is 150 cm³/mol. The molecule has 166 valence electrons. The number of benzene rings is 6. The van der Waals surface area contributed by atoms with Crippen molar-refractivity contribution in [3.63, 3.8) is 0 Å². The van der Waals surface area contributed by atoms with Crippen LogP contribution in [0.4, 0.5) is 17.1 Å². The van der Waals surface area contributed by atoms with E-state index >= 15 is 0 Å². The van der Waals surface area contributed by atoms with Crippen LogP contribution in [0.3, 0.4) is 0 Å². The molecule has 0 N–H and O–H groups in total. The molecular weight excluding hydrogens is 422 g/mol.